The summed E-state index contributed by atoms with van der Waals surface area (Å²) < 4.78 is 1.87. The van der Waals surface area contributed by atoms with Crippen molar-refractivity contribution in [3.63, 3.8) is 0 Å². The maximum absolute atomic E-state index is 3.59. The van der Waals surface area contributed by atoms with E-state index < -0.39 is 0 Å². The first kappa shape index (κ1) is 16.6. The Kier molecular flexibility index (Phi) is 5.55. The summed E-state index contributed by atoms with van der Waals surface area (Å²) in [7, 11) is 0. The summed E-state index contributed by atoms with van der Waals surface area (Å²) in [4.78, 5) is 0. The first-order chi connectivity index (χ1) is 11.7. The standard InChI is InChI=1S/C22H12Br2/c23-21-15-16-22(24)20(14-12-18-9-5-2-6-10-18)19(21)13-11-17-7-3-1-4-8-17/h1-10,15-16H. The van der Waals surface area contributed by atoms with Crippen molar-refractivity contribution in [3.05, 3.63) is 104 Å². The fraction of sp³-hybridized carbons (Fsp3) is 0. The van der Waals surface area contributed by atoms with E-state index in [-0.39, 0.29) is 0 Å². The molecule has 3 aromatic carbocycles. The van der Waals surface area contributed by atoms with Crippen LogP contribution in [0, 0.1) is 23.7 Å². The molecule has 0 spiro atoms. The normalized spacial score (nSPS) is 9.42. The number of halogens is 2. The molecule has 0 aliphatic rings. The molecule has 24 heavy (non-hydrogen) atoms. The SMILES string of the molecule is Brc1ccc(Br)c(C#Cc2ccccc2)c1C#Cc1ccccc1. The van der Waals surface area contributed by atoms with E-state index in [1.165, 1.54) is 0 Å². The van der Waals surface area contributed by atoms with Crippen molar-refractivity contribution in [3.8, 4) is 23.7 Å². The molecule has 0 amide bonds. The Hall–Kier alpha value is -2.26. The van der Waals surface area contributed by atoms with Crippen LogP contribution in [0.15, 0.2) is 81.7 Å². The van der Waals surface area contributed by atoms with Crippen LogP contribution in [-0.2, 0) is 0 Å². The molecule has 0 atom stereocenters. The highest BCUT2D eigenvalue weighted by molar-refractivity contribution is 9.11. The molecule has 0 unspecified atom stereocenters. The molecular formula is C22H12Br2. The minimum absolute atomic E-state index is 0.886. The Bertz CT molecular complexity index is 884. The van der Waals surface area contributed by atoms with E-state index in [9.17, 15) is 0 Å². The molecule has 0 aliphatic carbocycles. The molecule has 3 rings (SSSR count). The first-order valence-electron chi connectivity index (χ1n) is 7.36. The summed E-state index contributed by atoms with van der Waals surface area (Å²) in [6, 6.07) is 23.8. The Morgan fingerprint density at radius 1 is 0.458 bits per heavy atom. The average molecular weight is 436 g/mol. The molecule has 0 radical (unpaired) electrons. The van der Waals surface area contributed by atoms with Gasteiger partial charge in [-0.1, -0.05) is 60.1 Å². The lowest BCUT2D eigenvalue weighted by molar-refractivity contribution is 1.50. The van der Waals surface area contributed by atoms with Crippen LogP contribution in [0.1, 0.15) is 22.3 Å². The molecule has 3 aromatic rings. The largest absolute Gasteiger partial charge is 0.0622 e. The third-order valence-corrected chi connectivity index (χ3v) is 4.64. The summed E-state index contributed by atoms with van der Waals surface area (Å²) in [6.07, 6.45) is 0. The molecule has 0 N–H and O–H groups in total. The van der Waals surface area contributed by atoms with Gasteiger partial charge < -0.3 is 0 Å². The summed E-state index contributed by atoms with van der Waals surface area (Å²) >= 11 is 7.18. The van der Waals surface area contributed by atoms with Crippen LogP contribution in [0.25, 0.3) is 0 Å². The number of rotatable bonds is 0. The van der Waals surface area contributed by atoms with Crippen LogP contribution >= 0.6 is 31.9 Å². The second-order valence-electron chi connectivity index (χ2n) is 5.01. The van der Waals surface area contributed by atoms with Crippen molar-refractivity contribution in [1.29, 1.82) is 0 Å². The van der Waals surface area contributed by atoms with Gasteiger partial charge in [-0.05, 0) is 68.3 Å². The third-order valence-electron chi connectivity index (χ3n) is 3.31. The molecule has 0 heterocycles. The van der Waals surface area contributed by atoms with E-state index in [4.69, 9.17) is 0 Å². The Labute approximate surface area is 159 Å². The number of hydrogen-bond donors (Lipinski definition) is 0. The smallest absolute Gasteiger partial charge is 0.0559 e. The van der Waals surface area contributed by atoms with E-state index in [1.54, 1.807) is 0 Å². The summed E-state index contributed by atoms with van der Waals surface area (Å²) in [5, 5.41) is 0. The first-order valence-corrected chi connectivity index (χ1v) is 8.95. The Balaban J connectivity index is 2.06. The zero-order chi connectivity index (χ0) is 16.8. The van der Waals surface area contributed by atoms with Gasteiger partial charge in [-0.3, -0.25) is 0 Å². The molecule has 0 saturated carbocycles. The molecule has 0 aromatic heterocycles. The third kappa shape index (κ3) is 4.18. The van der Waals surface area contributed by atoms with Crippen molar-refractivity contribution in [2.75, 3.05) is 0 Å². The van der Waals surface area contributed by atoms with Gasteiger partial charge in [0.25, 0.3) is 0 Å². The van der Waals surface area contributed by atoms with Crippen LogP contribution < -0.4 is 0 Å². The molecule has 0 nitrogen and oxygen atoms in total. The molecule has 0 bridgehead atoms. The molecule has 2 heteroatoms. The number of hydrogen-bond acceptors (Lipinski definition) is 0. The molecule has 0 fully saturated rings. The van der Waals surface area contributed by atoms with Crippen LogP contribution in [0.3, 0.4) is 0 Å². The maximum Gasteiger partial charge on any atom is 0.0559 e. The van der Waals surface area contributed by atoms with Gasteiger partial charge in [-0.25, -0.2) is 0 Å². The zero-order valence-electron chi connectivity index (χ0n) is 12.7. The van der Waals surface area contributed by atoms with E-state index >= 15 is 0 Å². The van der Waals surface area contributed by atoms with Gasteiger partial charge in [0.15, 0.2) is 0 Å². The van der Waals surface area contributed by atoms with Gasteiger partial charge in [0.2, 0.25) is 0 Å². The van der Waals surface area contributed by atoms with Gasteiger partial charge in [0.05, 0.1) is 11.1 Å². The van der Waals surface area contributed by atoms with E-state index in [1.807, 2.05) is 72.8 Å². The van der Waals surface area contributed by atoms with Gasteiger partial charge in [-0.15, -0.1) is 0 Å². The lowest BCUT2D eigenvalue weighted by atomic mass is 10.1. The molecule has 114 valence electrons. The topological polar surface area (TPSA) is 0 Å². The minimum atomic E-state index is 0.886. The molecular weight excluding hydrogens is 424 g/mol. The average Bonchev–Trinajstić information content (AvgIpc) is 2.63. The van der Waals surface area contributed by atoms with Crippen LogP contribution in [0.2, 0.25) is 0 Å². The second-order valence-corrected chi connectivity index (χ2v) is 6.72. The predicted octanol–water partition coefficient (Wildman–Crippen LogP) is 6.01. The van der Waals surface area contributed by atoms with Crippen molar-refractivity contribution in [2.24, 2.45) is 0 Å². The van der Waals surface area contributed by atoms with Crippen molar-refractivity contribution in [1.82, 2.24) is 0 Å². The van der Waals surface area contributed by atoms with Gasteiger partial charge in [0.1, 0.15) is 0 Å². The molecule has 0 saturated heterocycles. The van der Waals surface area contributed by atoms with Crippen molar-refractivity contribution < 1.29 is 0 Å². The second kappa shape index (κ2) is 8.02. The minimum Gasteiger partial charge on any atom is -0.0622 e. The lowest BCUT2D eigenvalue weighted by Gasteiger charge is -2.03. The summed E-state index contributed by atoms with van der Waals surface area (Å²) in [5.41, 5.74) is 3.73. The Morgan fingerprint density at radius 3 is 1.21 bits per heavy atom. The summed E-state index contributed by atoms with van der Waals surface area (Å²) in [6.45, 7) is 0. The highest BCUT2D eigenvalue weighted by Gasteiger charge is 2.07. The highest BCUT2D eigenvalue weighted by Crippen LogP contribution is 2.26. The van der Waals surface area contributed by atoms with E-state index in [0.29, 0.717) is 0 Å². The summed E-state index contributed by atoms with van der Waals surface area (Å²) in [5.74, 6) is 12.9. The van der Waals surface area contributed by atoms with Gasteiger partial charge in [0, 0.05) is 20.1 Å². The van der Waals surface area contributed by atoms with Crippen molar-refractivity contribution >= 4 is 31.9 Å². The van der Waals surface area contributed by atoms with E-state index in [0.717, 1.165) is 31.2 Å². The predicted molar refractivity (Wildman–Crippen MR) is 107 cm³/mol. The van der Waals surface area contributed by atoms with Gasteiger partial charge >= 0.3 is 0 Å². The zero-order valence-corrected chi connectivity index (χ0v) is 15.9. The fourth-order valence-corrected chi connectivity index (χ4v) is 2.97. The van der Waals surface area contributed by atoms with Crippen LogP contribution in [0.5, 0.6) is 0 Å². The maximum atomic E-state index is 3.59. The van der Waals surface area contributed by atoms with E-state index in [2.05, 4.69) is 55.5 Å². The highest BCUT2D eigenvalue weighted by atomic mass is 79.9. The van der Waals surface area contributed by atoms with Gasteiger partial charge in [-0.2, -0.15) is 0 Å². The lowest BCUT2D eigenvalue weighted by Crippen LogP contribution is -1.89. The fourth-order valence-electron chi connectivity index (χ4n) is 2.11. The van der Waals surface area contributed by atoms with Crippen LogP contribution in [0.4, 0.5) is 0 Å². The Morgan fingerprint density at radius 2 is 0.833 bits per heavy atom. The number of benzene rings is 3. The van der Waals surface area contributed by atoms with Crippen LogP contribution in [-0.4, -0.2) is 0 Å². The molecule has 0 aliphatic heterocycles. The quantitative estimate of drug-likeness (QED) is 0.379. The monoisotopic (exact) mass is 434 g/mol. The van der Waals surface area contributed by atoms with Crippen molar-refractivity contribution in [2.45, 2.75) is 0 Å².